The van der Waals surface area contributed by atoms with Gasteiger partial charge in [-0.15, -0.1) is 0 Å². The number of hydrogen-bond acceptors (Lipinski definition) is 2. The lowest BCUT2D eigenvalue weighted by Gasteiger charge is -2.24. The third kappa shape index (κ3) is 2.29. The topological polar surface area (TPSA) is 27.1 Å². The van der Waals surface area contributed by atoms with Crippen LogP contribution in [0.5, 0.6) is 0 Å². The molecule has 0 unspecified atom stereocenters. The summed E-state index contributed by atoms with van der Waals surface area (Å²) in [7, 11) is 1.96. The third-order valence-electron chi connectivity index (χ3n) is 3.01. The van der Waals surface area contributed by atoms with Crippen molar-refractivity contribution in [1.29, 1.82) is 0 Å². The summed E-state index contributed by atoms with van der Waals surface area (Å²) in [6.45, 7) is 3.89. The van der Waals surface area contributed by atoms with Crippen LogP contribution >= 0.6 is 0 Å². The number of ether oxygens (including phenoxy) is 1. The fourth-order valence-electron chi connectivity index (χ4n) is 2.22. The van der Waals surface area contributed by atoms with Crippen molar-refractivity contribution in [3.05, 3.63) is 24.0 Å². The van der Waals surface area contributed by atoms with Gasteiger partial charge >= 0.3 is 0 Å². The van der Waals surface area contributed by atoms with Gasteiger partial charge in [0, 0.05) is 32.0 Å². The lowest BCUT2D eigenvalue weighted by Crippen LogP contribution is -2.16. The van der Waals surface area contributed by atoms with Gasteiger partial charge in [0.1, 0.15) is 0 Å². The van der Waals surface area contributed by atoms with Gasteiger partial charge in [-0.3, -0.25) is 4.68 Å². The van der Waals surface area contributed by atoms with Crippen LogP contribution in [0, 0.1) is 5.92 Å². The van der Waals surface area contributed by atoms with Crippen LogP contribution in [0.25, 0.3) is 5.57 Å². The lowest BCUT2D eigenvalue weighted by atomic mass is 9.88. The normalized spacial score (nSPS) is 19.5. The first-order valence-electron chi connectivity index (χ1n) is 5.54. The zero-order valence-corrected chi connectivity index (χ0v) is 9.44. The Bertz CT molecular complexity index is 348. The molecule has 0 aromatic carbocycles. The summed E-state index contributed by atoms with van der Waals surface area (Å²) in [5, 5.41) is 4.22. The Morgan fingerprint density at radius 2 is 2.27 bits per heavy atom. The minimum Gasteiger partial charge on any atom is -0.381 e. The van der Waals surface area contributed by atoms with E-state index < -0.39 is 0 Å². The monoisotopic (exact) mass is 206 g/mol. The number of allylic oxidation sites excluding steroid dienone is 2. The Balaban J connectivity index is 2.16. The largest absolute Gasteiger partial charge is 0.381 e. The van der Waals surface area contributed by atoms with E-state index in [9.17, 15) is 0 Å². The molecule has 15 heavy (non-hydrogen) atoms. The van der Waals surface area contributed by atoms with E-state index in [2.05, 4.69) is 24.3 Å². The second-order valence-electron chi connectivity index (χ2n) is 4.03. The smallest absolute Gasteiger partial charge is 0.0564 e. The second-order valence-corrected chi connectivity index (χ2v) is 4.03. The molecule has 0 aliphatic carbocycles. The molecule has 0 radical (unpaired) electrons. The minimum absolute atomic E-state index is 0.646. The van der Waals surface area contributed by atoms with Crippen LogP contribution < -0.4 is 0 Å². The first kappa shape index (κ1) is 10.4. The van der Waals surface area contributed by atoms with Gasteiger partial charge in [0.2, 0.25) is 0 Å². The van der Waals surface area contributed by atoms with E-state index in [1.165, 1.54) is 11.1 Å². The first-order valence-corrected chi connectivity index (χ1v) is 5.54. The van der Waals surface area contributed by atoms with Gasteiger partial charge in [-0.05, 0) is 31.3 Å². The number of rotatable bonds is 2. The van der Waals surface area contributed by atoms with E-state index in [1.807, 2.05) is 17.9 Å². The van der Waals surface area contributed by atoms with Crippen LogP contribution in [0.15, 0.2) is 18.5 Å². The summed E-state index contributed by atoms with van der Waals surface area (Å²) < 4.78 is 7.25. The molecule has 0 atom stereocenters. The van der Waals surface area contributed by atoms with Gasteiger partial charge in [0.05, 0.1) is 6.20 Å². The van der Waals surface area contributed by atoms with E-state index >= 15 is 0 Å². The van der Waals surface area contributed by atoms with E-state index in [0.29, 0.717) is 5.92 Å². The van der Waals surface area contributed by atoms with Crippen LogP contribution in [0.1, 0.15) is 25.3 Å². The maximum absolute atomic E-state index is 5.39. The Labute approximate surface area is 90.7 Å². The second kappa shape index (κ2) is 4.62. The Kier molecular flexibility index (Phi) is 3.21. The number of nitrogens with zero attached hydrogens (tertiary/aromatic N) is 2. The van der Waals surface area contributed by atoms with Gasteiger partial charge in [0.15, 0.2) is 0 Å². The van der Waals surface area contributed by atoms with Crippen molar-refractivity contribution in [3.8, 4) is 0 Å². The van der Waals surface area contributed by atoms with Crippen molar-refractivity contribution < 1.29 is 4.74 Å². The lowest BCUT2D eigenvalue weighted by molar-refractivity contribution is 0.0807. The maximum Gasteiger partial charge on any atom is 0.0564 e. The van der Waals surface area contributed by atoms with Crippen molar-refractivity contribution in [2.75, 3.05) is 13.2 Å². The van der Waals surface area contributed by atoms with E-state index in [4.69, 9.17) is 4.74 Å². The fourth-order valence-corrected chi connectivity index (χ4v) is 2.22. The molecule has 82 valence electrons. The molecule has 1 fully saturated rings. The molecule has 2 rings (SSSR count). The van der Waals surface area contributed by atoms with E-state index in [-0.39, 0.29) is 0 Å². The van der Waals surface area contributed by atoms with Crippen molar-refractivity contribution in [1.82, 2.24) is 9.78 Å². The Morgan fingerprint density at radius 1 is 1.53 bits per heavy atom. The van der Waals surface area contributed by atoms with Gasteiger partial charge in [-0.2, -0.15) is 5.10 Å². The quantitative estimate of drug-likeness (QED) is 0.742. The van der Waals surface area contributed by atoms with Crippen molar-refractivity contribution in [3.63, 3.8) is 0 Å². The molecule has 3 nitrogen and oxygen atoms in total. The maximum atomic E-state index is 5.39. The third-order valence-corrected chi connectivity index (χ3v) is 3.01. The zero-order chi connectivity index (χ0) is 10.7. The predicted molar refractivity (Wildman–Crippen MR) is 60.4 cm³/mol. The number of aryl methyl sites for hydroxylation is 1. The minimum atomic E-state index is 0.646. The zero-order valence-electron chi connectivity index (χ0n) is 9.44. The summed E-state index contributed by atoms with van der Waals surface area (Å²) in [4.78, 5) is 0. The molecule has 2 heterocycles. The van der Waals surface area contributed by atoms with Crippen molar-refractivity contribution in [2.45, 2.75) is 19.8 Å². The van der Waals surface area contributed by atoms with Gasteiger partial charge in [-0.25, -0.2) is 0 Å². The molecular formula is C12H18N2O. The highest BCUT2D eigenvalue weighted by atomic mass is 16.5. The van der Waals surface area contributed by atoms with Crippen LogP contribution in [-0.2, 0) is 11.8 Å². The summed E-state index contributed by atoms with van der Waals surface area (Å²) in [5.74, 6) is 0.646. The molecule has 1 aliphatic heterocycles. The highest BCUT2D eigenvalue weighted by Gasteiger charge is 2.19. The molecule has 0 N–H and O–H groups in total. The average Bonchev–Trinajstić information content (AvgIpc) is 2.68. The first-order chi connectivity index (χ1) is 7.31. The molecule has 3 heteroatoms. The Hall–Kier alpha value is -1.09. The predicted octanol–water partition coefficient (Wildman–Crippen LogP) is 2.25. The highest BCUT2D eigenvalue weighted by Crippen LogP contribution is 2.30. The SMILES string of the molecule is C/C=C(/c1cnn(C)c1)C1CCOCC1. The molecule has 0 bridgehead atoms. The van der Waals surface area contributed by atoms with E-state index in [0.717, 1.165) is 26.1 Å². The average molecular weight is 206 g/mol. The van der Waals surface area contributed by atoms with Gasteiger partial charge in [-0.1, -0.05) is 6.08 Å². The van der Waals surface area contributed by atoms with Crippen LogP contribution in [0.3, 0.4) is 0 Å². The molecule has 1 aromatic heterocycles. The van der Waals surface area contributed by atoms with Crippen LogP contribution in [0.4, 0.5) is 0 Å². The summed E-state index contributed by atoms with van der Waals surface area (Å²) >= 11 is 0. The van der Waals surface area contributed by atoms with E-state index in [1.54, 1.807) is 0 Å². The molecular weight excluding hydrogens is 188 g/mol. The van der Waals surface area contributed by atoms with Crippen molar-refractivity contribution >= 4 is 5.57 Å². The molecule has 0 spiro atoms. The number of hydrogen-bond donors (Lipinski definition) is 0. The fraction of sp³-hybridized carbons (Fsp3) is 0.583. The van der Waals surface area contributed by atoms with Gasteiger partial charge < -0.3 is 4.74 Å². The number of aromatic nitrogens is 2. The molecule has 1 saturated heterocycles. The summed E-state index contributed by atoms with van der Waals surface area (Å²) in [5.41, 5.74) is 2.68. The van der Waals surface area contributed by atoms with Crippen LogP contribution in [0.2, 0.25) is 0 Å². The molecule has 0 saturated carbocycles. The molecule has 0 amide bonds. The summed E-state index contributed by atoms with van der Waals surface area (Å²) in [6.07, 6.45) is 8.52. The molecule has 1 aromatic rings. The van der Waals surface area contributed by atoms with Gasteiger partial charge in [0.25, 0.3) is 0 Å². The Morgan fingerprint density at radius 3 is 2.80 bits per heavy atom. The molecule has 1 aliphatic rings. The highest BCUT2D eigenvalue weighted by molar-refractivity contribution is 5.66. The van der Waals surface area contributed by atoms with Crippen LogP contribution in [-0.4, -0.2) is 23.0 Å². The summed E-state index contributed by atoms with van der Waals surface area (Å²) in [6, 6.07) is 0. The standard InChI is InChI=1S/C12H18N2O/c1-3-12(10-4-6-15-7-5-10)11-8-13-14(2)9-11/h3,8-10H,4-7H2,1-2H3/b12-3+. The van der Waals surface area contributed by atoms with Crippen molar-refractivity contribution in [2.24, 2.45) is 13.0 Å².